The zero-order valence-corrected chi connectivity index (χ0v) is 16.0. The van der Waals surface area contributed by atoms with Crippen LogP contribution in [0.25, 0.3) is 0 Å². The second kappa shape index (κ2) is 7.55. The van der Waals surface area contributed by atoms with Crippen molar-refractivity contribution in [2.75, 3.05) is 32.5 Å². The van der Waals surface area contributed by atoms with Gasteiger partial charge in [0.15, 0.2) is 0 Å². The van der Waals surface area contributed by atoms with Crippen molar-refractivity contribution in [3.8, 4) is 0 Å². The summed E-state index contributed by atoms with van der Waals surface area (Å²) in [5.74, 6) is -0.423. The zero-order valence-electron chi connectivity index (χ0n) is 15.1. The Morgan fingerprint density at radius 1 is 1.31 bits per heavy atom. The number of halogens is 1. The Labute approximate surface area is 156 Å². The van der Waals surface area contributed by atoms with Gasteiger partial charge in [-0.15, -0.1) is 11.3 Å². The summed E-state index contributed by atoms with van der Waals surface area (Å²) in [6.07, 6.45) is 0.837. The maximum Gasteiger partial charge on any atom is 0.263 e. The van der Waals surface area contributed by atoms with Gasteiger partial charge in [0.05, 0.1) is 11.4 Å². The fourth-order valence-corrected chi connectivity index (χ4v) is 4.20. The molecule has 0 aliphatic carbocycles. The Kier molecular flexibility index (Phi) is 5.38. The molecule has 5 nitrogen and oxygen atoms in total. The van der Waals surface area contributed by atoms with E-state index < -0.39 is 0 Å². The second-order valence-corrected chi connectivity index (χ2v) is 7.86. The molecule has 0 spiro atoms. The van der Waals surface area contributed by atoms with E-state index in [1.807, 2.05) is 6.07 Å². The molecule has 1 aromatic heterocycles. The molecule has 0 unspecified atom stereocenters. The van der Waals surface area contributed by atoms with E-state index in [0.717, 1.165) is 23.4 Å². The summed E-state index contributed by atoms with van der Waals surface area (Å²) in [5, 5.41) is 2.84. The Bertz CT molecular complexity index is 847. The molecule has 0 fully saturated rings. The number of nitrogens with zero attached hydrogens (tertiary/aromatic N) is 2. The van der Waals surface area contributed by atoms with Gasteiger partial charge in [0.1, 0.15) is 5.82 Å². The van der Waals surface area contributed by atoms with Crippen LogP contribution >= 0.6 is 11.3 Å². The van der Waals surface area contributed by atoms with Crippen molar-refractivity contribution in [2.45, 2.75) is 19.9 Å². The molecule has 0 saturated carbocycles. The minimum Gasteiger partial charge on any atom is -0.344 e. The number of fused-ring (bicyclic) bond motifs is 1. The number of hydrogen-bond acceptors (Lipinski definition) is 4. The fourth-order valence-electron chi connectivity index (χ4n) is 3.01. The van der Waals surface area contributed by atoms with Crippen LogP contribution in [0.1, 0.15) is 25.7 Å². The SMILES string of the molecule is Cc1cc(F)ccc1NC(=O)CN1CCc2sc(C(=O)N(C)C)cc2C1. The van der Waals surface area contributed by atoms with Gasteiger partial charge in [-0.05, 0) is 48.7 Å². The molecular formula is C19H22FN3O2S. The molecule has 1 aromatic carbocycles. The number of carbonyl (C=O) groups is 2. The van der Waals surface area contributed by atoms with Crippen LogP contribution in [0.4, 0.5) is 10.1 Å². The molecule has 1 N–H and O–H groups in total. The van der Waals surface area contributed by atoms with Crippen LogP contribution in [-0.4, -0.2) is 48.8 Å². The first-order valence-corrected chi connectivity index (χ1v) is 9.26. The summed E-state index contributed by atoms with van der Waals surface area (Å²) in [7, 11) is 3.49. The van der Waals surface area contributed by atoms with Gasteiger partial charge in [-0.25, -0.2) is 4.39 Å². The predicted molar refractivity (Wildman–Crippen MR) is 101 cm³/mol. The van der Waals surface area contributed by atoms with E-state index in [4.69, 9.17) is 0 Å². The Hall–Kier alpha value is -2.25. The summed E-state index contributed by atoms with van der Waals surface area (Å²) >= 11 is 1.54. The number of nitrogens with one attached hydrogen (secondary N) is 1. The predicted octanol–water partition coefficient (Wildman–Crippen LogP) is 2.89. The van der Waals surface area contributed by atoms with Crippen LogP contribution in [0.15, 0.2) is 24.3 Å². The van der Waals surface area contributed by atoms with E-state index in [9.17, 15) is 14.0 Å². The maximum atomic E-state index is 13.2. The van der Waals surface area contributed by atoms with Gasteiger partial charge in [0, 0.05) is 37.7 Å². The van der Waals surface area contributed by atoms with Crippen LogP contribution in [-0.2, 0) is 17.8 Å². The first kappa shape index (κ1) is 18.5. The first-order valence-electron chi connectivity index (χ1n) is 8.45. The molecule has 0 atom stereocenters. The highest BCUT2D eigenvalue weighted by molar-refractivity contribution is 7.14. The van der Waals surface area contributed by atoms with Gasteiger partial charge in [-0.1, -0.05) is 0 Å². The van der Waals surface area contributed by atoms with Crippen molar-refractivity contribution in [1.29, 1.82) is 0 Å². The van der Waals surface area contributed by atoms with Gasteiger partial charge in [0.2, 0.25) is 5.91 Å². The summed E-state index contributed by atoms with van der Waals surface area (Å²) < 4.78 is 13.2. The quantitative estimate of drug-likeness (QED) is 0.894. The minimum atomic E-state index is -0.315. The average Bonchev–Trinajstić information content (AvgIpc) is 2.99. The Balaban J connectivity index is 1.62. The number of anilines is 1. The third kappa shape index (κ3) is 4.11. The van der Waals surface area contributed by atoms with Crippen LogP contribution < -0.4 is 5.32 Å². The molecule has 2 heterocycles. The lowest BCUT2D eigenvalue weighted by atomic mass is 10.1. The molecule has 26 heavy (non-hydrogen) atoms. The van der Waals surface area contributed by atoms with Crippen LogP contribution in [0.3, 0.4) is 0 Å². The minimum absolute atomic E-state index is 0.0143. The van der Waals surface area contributed by atoms with Gasteiger partial charge >= 0.3 is 0 Å². The van der Waals surface area contributed by atoms with E-state index in [0.29, 0.717) is 17.8 Å². The summed E-state index contributed by atoms with van der Waals surface area (Å²) in [5.41, 5.74) is 2.45. The Morgan fingerprint density at radius 2 is 2.08 bits per heavy atom. The monoisotopic (exact) mass is 375 g/mol. The number of rotatable bonds is 4. The molecule has 1 aliphatic rings. The van der Waals surface area contributed by atoms with Crippen molar-refractivity contribution in [1.82, 2.24) is 9.80 Å². The highest BCUT2D eigenvalue weighted by atomic mass is 32.1. The van der Waals surface area contributed by atoms with Crippen molar-refractivity contribution >= 4 is 28.8 Å². The number of benzene rings is 1. The number of hydrogen-bond donors (Lipinski definition) is 1. The molecular weight excluding hydrogens is 353 g/mol. The van der Waals surface area contributed by atoms with Crippen LogP contribution in [0, 0.1) is 12.7 Å². The normalized spacial score (nSPS) is 14.0. The van der Waals surface area contributed by atoms with Crippen LogP contribution in [0.5, 0.6) is 0 Å². The third-order valence-electron chi connectivity index (χ3n) is 4.39. The fraction of sp³-hybridized carbons (Fsp3) is 0.368. The van der Waals surface area contributed by atoms with Crippen molar-refractivity contribution in [3.05, 3.63) is 51.0 Å². The largest absolute Gasteiger partial charge is 0.344 e. The van der Waals surface area contributed by atoms with Crippen molar-refractivity contribution in [3.63, 3.8) is 0 Å². The molecule has 0 bridgehead atoms. The average molecular weight is 375 g/mol. The lowest BCUT2D eigenvalue weighted by Gasteiger charge is -2.26. The smallest absolute Gasteiger partial charge is 0.263 e. The van der Waals surface area contributed by atoms with E-state index in [2.05, 4.69) is 10.2 Å². The van der Waals surface area contributed by atoms with Crippen molar-refractivity contribution in [2.24, 2.45) is 0 Å². The maximum absolute atomic E-state index is 13.2. The van der Waals surface area contributed by atoms with E-state index >= 15 is 0 Å². The molecule has 0 radical (unpaired) electrons. The van der Waals surface area contributed by atoms with Crippen LogP contribution in [0.2, 0.25) is 0 Å². The molecule has 2 aromatic rings. The highest BCUT2D eigenvalue weighted by Gasteiger charge is 2.23. The van der Waals surface area contributed by atoms with Gasteiger partial charge < -0.3 is 10.2 Å². The number of amides is 2. The molecule has 138 valence electrons. The molecule has 1 aliphatic heterocycles. The topological polar surface area (TPSA) is 52.7 Å². The van der Waals surface area contributed by atoms with Crippen molar-refractivity contribution < 1.29 is 14.0 Å². The number of aryl methyl sites for hydroxylation is 1. The number of carbonyl (C=O) groups excluding carboxylic acids is 2. The van der Waals surface area contributed by atoms with E-state index in [1.165, 1.54) is 17.0 Å². The summed E-state index contributed by atoms with van der Waals surface area (Å²) in [6, 6.07) is 6.26. The first-order chi connectivity index (χ1) is 12.3. The zero-order chi connectivity index (χ0) is 18.8. The molecule has 3 rings (SSSR count). The van der Waals surface area contributed by atoms with E-state index in [1.54, 1.807) is 43.3 Å². The molecule has 0 saturated heterocycles. The van der Waals surface area contributed by atoms with E-state index in [-0.39, 0.29) is 24.2 Å². The van der Waals surface area contributed by atoms with Gasteiger partial charge in [-0.2, -0.15) is 0 Å². The lowest BCUT2D eigenvalue weighted by molar-refractivity contribution is -0.117. The second-order valence-electron chi connectivity index (χ2n) is 6.73. The highest BCUT2D eigenvalue weighted by Crippen LogP contribution is 2.28. The molecule has 7 heteroatoms. The standard InChI is InChI=1S/C19H22FN3O2S/c1-12-8-14(20)4-5-15(12)21-18(24)11-23-7-6-16-13(10-23)9-17(26-16)19(25)22(2)3/h4-5,8-9H,6-7,10-11H2,1-3H3,(H,21,24). The Morgan fingerprint density at radius 3 is 2.77 bits per heavy atom. The third-order valence-corrected chi connectivity index (χ3v) is 5.62. The van der Waals surface area contributed by atoms with Gasteiger partial charge in [-0.3, -0.25) is 14.5 Å². The number of thiophene rings is 1. The molecule has 2 amide bonds. The van der Waals surface area contributed by atoms with Gasteiger partial charge in [0.25, 0.3) is 5.91 Å². The lowest BCUT2D eigenvalue weighted by Crippen LogP contribution is -2.36. The summed E-state index contributed by atoms with van der Waals surface area (Å²) in [6.45, 7) is 3.46. The summed E-state index contributed by atoms with van der Waals surface area (Å²) in [4.78, 5) is 30.0.